The van der Waals surface area contributed by atoms with Gasteiger partial charge in [-0.1, -0.05) is 18.2 Å². The molecule has 0 radical (unpaired) electrons. The molecule has 4 nitrogen and oxygen atoms in total. The lowest BCUT2D eigenvalue weighted by molar-refractivity contribution is -0.115. The first-order chi connectivity index (χ1) is 9.78. The van der Waals surface area contributed by atoms with Crippen LogP contribution in [0.2, 0.25) is 0 Å². The highest BCUT2D eigenvalue weighted by atomic mass is 35.5. The Morgan fingerprint density at radius 1 is 1.29 bits per heavy atom. The van der Waals surface area contributed by atoms with Gasteiger partial charge in [0.1, 0.15) is 0 Å². The minimum absolute atomic E-state index is 0. The van der Waals surface area contributed by atoms with Crippen molar-refractivity contribution in [3.05, 3.63) is 41.5 Å². The van der Waals surface area contributed by atoms with Crippen LogP contribution in [0.15, 0.2) is 30.3 Å². The first kappa shape index (κ1) is 17.4. The van der Waals surface area contributed by atoms with Crippen molar-refractivity contribution in [3.63, 3.8) is 0 Å². The van der Waals surface area contributed by atoms with Crippen molar-refractivity contribution in [2.75, 3.05) is 32.8 Å². The first-order valence-corrected chi connectivity index (χ1v) is 6.79. The molecule has 0 aromatic heterocycles. The van der Waals surface area contributed by atoms with Gasteiger partial charge in [-0.3, -0.25) is 9.69 Å². The summed E-state index contributed by atoms with van der Waals surface area (Å²) in [6.45, 7) is 4.13. The molecule has 0 unspecified atom stereocenters. The number of ketones is 1. The summed E-state index contributed by atoms with van der Waals surface area (Å²) in [7, 11) is 0. The Bertz CT molecular complexity index is 514. The number of carbonyl (C=O) groups is 1. The molecule has 0 N–H and O–H groups in total. The second kappa shape index (κ2) is 9.30. The van der Waals surface area contributed by atoms with Gasteiger partial charge in [0.05, 0.1) is 24.8 Å². The molecular formula is C16H19ClN2O2. The van der Waals surface area contributed by atoms with Crippen molar-refractivity contribution in [1.82, 2.24) is 4.90 Å². The number of allylic oxidation sites excluding steroid dienone is 1. The van der Waals surface area contributed by atoms with Crippen LogP contribution in [0.5, 0.6) is 0 Å². The molecule has 0 aliphatic carbocycles. The van der Waals surface area contributed by atoms with Gasteiger partial charge in [-0.05, 0) is 23.8 Å². The van der Waals surface area contributed by atoms with E-state index in [2.05, 4.69) is 11.0 Å². The van der Waals surface area contributed by atoms with Gasteiger partial charge < -0.3 is 4.74 Å². The second-order valence-corrected chi connectivity index (χ2v) is 4.74. The number of nitriles is 1. The zero-order chi connectivity index (χ0) is 14.2. The highest BCUT2D eigenvalue weighted by Gasteiger charge is 2.10. The third kappa shape index (κ3) is 6.09. The van der Waals surface area contributed by atoms with Crippen LogP contribution in [0.4, 0.5) is 0 Å². The number of ether oxygens (including phenoxy) is 1. The van der Waals surface area contributed by atoms with Crippen LogP contribution in [0.25, 0.3) is 6.08 Å². The van der Waals surface area contributed by atoms with E-state index in [1.54, 1.807) is 24.3 Å². The molecule has 1 fully saturated rings. The normalized spacial score (nSPS) is 15.4. The average Bonchev–Trinajstić information content (AvgIpc) is 2.52. The van der Waals surface area contributed by atoms with Gasteiger partial charge in [-0.25, -0.2) is 0 Å². The third-order valence-corrected chi connectivity index (χ3v) is 3.28. The maximum Gasteiger partial charge on any atom is 0.156 e. The summed E-state index contributed by atoms with van der Waals surface area (Å²) in [6.07, 6.45) is 3.94. The Kier molecular flexibility index (Phi) is 7.70. The van der Waals surface area contributed by atoms with Crippen LogP contribution in [0, 0.1) is 11.3 Å². The lowest BCUT2D eigenvalue weighted by Gasteiger charge is -2.25. The lowest BCUT2D eigenvalue weighted by atomic mass is 10.1. The molecule has 0 bridgehead atoms. The van der Waals surface area contributed by atoms with Crippen molar-refractivity contribution in [1.29, 1.82) is 5.26 Å². The fourth-order valence-electron chi connectivity index (χ4n) is 2.03. The summed E-state index contributed by atoms with van der Waals surface area (Å²) in [5.74, 6) is 0.126. The smallest absolute Gasteiger partial charge is 0.156 e. The number of carbonyl (C=O) groups excluding carboxylic acids is 1. The lowest BCUT2D eigenvalue weighted by Crippen LogP contribution is -2.37. The SMILES string of the molecule is Cl.N#Cc1ccc(C=CC(=O)CCN2CCOCC2)cc1. The Morgan fingerprint density at radius 3 is 2.57 bits per heavy atom. The molecule has 1 heterocycles. The van der Waals surface area contributed by atoms with Crippen LogP contribution in [-0.2, 0) is 9.53 Å². The van der Waals surface area contributed by atoms with E-state index in [4.69, 9.17) is 10.00 Å². The van der Waals surface area contributed by atoms with Gasteiger partial charge in [-0.15, -0.1) is 12.4 Å². The molecule has 1 aliphatic rings. The molecule has 0 atom stereocenters. The fraction of sp³-hybridized carbons (Fsp3) is 0.375. The van der Waals surface area contributed by atoms with E-state index < -0.39 is 0 Å². The summed E-state index contributed by atoms with van der Waals surface area (Å²) < 4.78 is 5.27. The number of hydrogen-bond donors (Lipinski definition) is 0. The van der Waals surface area contributed by atoms with Gasteiger partial charge in [0, 0.05) is 26.1 Å². The number of hydrogen-bond acceptors (Lipinski definition) is 4. The molecule has 0 amide bonds. The summed E-state index contributed by atoms with van der Waals surface area (Å²) in [4.78, 5) is 14.0. The molecule has 1 aromatic rings. The van der Waals surface area contributed by atoms with Crippen LogP contribution in [0.3, 0.4) is 0 Å². The number of rotatable bonds is 5. The molecule has 1 aromatic carbocycles. The number of benzene rings is 1. The molecule has 1 aliphatic heterocycles. The van der Waals surface area contributed by atoms with Crippen molar-refractivity contribution < 1.29 is 9.53 Å². The Hall–Kier alpha value is -1.67. The van der Waals surface area contributed by atoms with Crippen LogP contribution >= 0.6 is 12.4 Å². The molecule has 2 rings (SSSR count). The van der Waals surface area contributed by atoms with Crippen LogP contribution in [0.1, 0.15) is 17.5 Å². The summed E-state index contributed by atoms with van der Waals surface area (Å²) in [6, 6.07) is 9.24. The summed E-state index contributed by atoms with van der Waals surface area (Å²) in [5, 5.41) is 8.70. The highest BCUT2D eigenvalue weighted by Crippen LogP contribution is 2.06. The van der Waals surface area contributed by atoms with E-state index in [0.29, 0.717) is 12.0 Å². The molecular weight excluding hydrogens is 288 g/mol. The Labute approximate surface area is 131 Å². The fourth-order valence-corrected chi connectivity index (χ4v) is 2.03. The largest absolute Gasteiger partial charge is 0.379 e. The molecule has 5 heteroatoms. The van der Waals surface area contributed by atoms with Gasteiger partial charge >= 0.3 is 0 Å². The van der Waals surface area contributed by atoms with Gasteiger partial charge in [0.2, 0.25) is 0 Å². The molecule has 21 heavy (non-hydrogen) atoms. The predicted octanol–water partition coefficient (Wildman–Crippen LogP) is 2.28. The van der Waals surface area contributed by atoms with E-state index in [-0.39, 0.29) is 18.2 Å². The van der Waals surface area contributed by atoms with Crippen molar-refractivity contribution in [2.45, 2.75) is 6.42 Å². The zero-order valence-electron chi connectivity index (χ0n) is 11.8. The first-order valence-electron chi connectivity index (χ1n) is 6.79. The van der Waals surface area contributed by atoms with E-state index >= 15 is 0 Å². The minimum atomic E-state index is 0. The highest BCUT2D eigenvalue weighted by molar-refractivity contribution is 5.93. The number of morpholine rings is 1. The topological polar surface area (TPSA) is 53.3 Å². The van der Waals surface area contributed by atoms with Crippen molar-refractivity contribution in [2.24, 2.45) is 0 Å². The van der Waals surface area contributed by atoms with Crippen LogP contribution in [-0.4, -0.2) is 43.5 Å². The predicted molar refractivity (Wildman–Crippen MR) is 84.3 cm³/mol. The molecule has 0 spiro atoms. The maximum absolute atomic E-state index is 11.8. The zero-order valence-corrected chi connectivity index (χ0v) is 12.6. The molecule has 1 saturated heterocycles. The van der Waals surface area contributed by atoms with E-state index in [0.717, 1.165) is 38.4 Å². The molecule has 112 valence electrons. The quantitative estimate of drug-likeness (QED) is 0.783. The third-order valence-electron chi connectivity index (χ3n) is 3.28. The minimum Gasteiger partial charge on any atom is -0.379 e. The Balaban J connectivity index is 0.00000220. The average molecular weight is 307 g/mol. The number of nitrogens with zero attached hydrogens (tertiary/aromatic N) is 2. The van der Waals surface area contributed by atoms with E-state index in [1.165, 1.54) is 0 Å². The van der Waals surface area contributed by atoms with Gasteiger partial charge in [-0.2, -0.15) is 5.26 Å². The van der Waals surface area contributed by atoms with E-state index in [9.17, 15) is 4.79 Å². The maximum atomic E-state index is 11.8. The molecule has 0 saturated carbocycles. The number of halogens is 1. The van der Waals surface area contributed by atoms with Crippen molar-refractivity contribution >= 4 is 24.3 Å². The van der Waals surface area contributed by atoms with Gasteiger partial charge in [0.25, 0.3) is 0 Å². The monoisotopic (exact) mass is 306 g/mol. The van der Waals surface area contributed by atoms with Gasteiger partial charge in [0.15, 0.2) is 5.78 Å². The standard InChI is InChI=1S/C16H18N2O2.ClH/c17-13-15-3-1-14(2-4-15)5-6-16(19)7-8-18-9-11-20-12-10-18;/h1-6H,7-12H2;1H. The van der Waals surface area contributed by atoms with Crippen molar-refractivity contribution in [3.8, 4) is 6.07 Å². The summed E-state index contributed by atoms with van der Waals surface area (Å²) >= 11 is 0. The second-order valence-electron chi connectivity index (χ2n) is 4.74. The Morgan fingerprint density at radius 2 is 1.95 bits per heavy atom. The van der Waals surface area contributed by atoms with Crippen LogP contribution < -0.4 is 0 Å². The summed E-state index contributed by atoms with van der Waals surface area (Å²) in [5.41, 5.74) is 1.56. The van der Waals surface area contributed by atoms with E-state index in [1.807, 2.05) is 12.1 Å².